The number of benzene rings is 2. The van der Waals surface area contributed by atoms with Gasteiger partial charge < -0.3 is 14.5 Å². The summed E-state index contributed by atoms with van der Waals surface area (Å²) in [5.74, 6) is 1.19. The van der Waals surface area contributed by atoms with E-state index in [0.29, 0.717) is 31.9 Å². The highest BCUT2D eigenvalue weighted by Crippen LogP contribution is 2.31. The molecule has 1 saturated carbocycles. The fourth-order valence-corrected chi connectivity index (χ4v) is 3.26. The molecular formula is C20H22N2O3. The number of hydrogen-bond donors (Lipinski definition) is 0. The van der Waals surface area contributed by atoms with Gasteiger partial charge in [0, 0.05) is 32.1 Å². The molecule has 2 aliphatic rings. The largest absolute Gasteiger partial charge is 0.484 e. The molecule has 25 heavy (non-hydrogen) atoms. The van der Waals surface area contributed by atoms with Crippen LogP contribution in [0.25, 0.3) is 10.8 Å². The lowest BCUT2D eigenvalue weighted by Crippen LogP contribution is -2.52. The molecule has 0 aromatic heterocycles. The number of amides is 2. The molecule has 0 N–H and O–H groups in total. The van der Waals surface area contributed by atoms with Gasteiger partial charge in [0.1, 0.15) is 5.75 Å². The molecule has 2 fully saturated rings. The predicted octanol–water partition coefficient (Wildman–Crippen LogP) is 2.30. The van der Waals surface area contributed by atoms with Gasteiger partial charge in [0.05, 0.1) is 0 Å². The van der Waals surface area contributed by atoms with Gasteiger partial charge in [0.15, 0.2) is 6.61 Å². The van der Waals surface area contributed by atoms with Gasteiger partial charge in [-0.1, -0.05) is 30.3 Å². The molecule has 4 rings (SSSR count). The van der Waals surface area contributed by atoms with Crippen molar-refractivity contribution in [3.05, 3.63) is 42.5 Å². The summed E-state index contributed by atoms with van der Waals surface area (Å²) < 4.78 is 5.68. The number of carbonyl (C=O) groups excluding carboxylic acids is 2. The second-order valence-electron chi connectivity index (χ2n) is 6.78. The summed E-state index contributed by atoms with van der Waals surface area (Å²) in [6, 6.07) is 13.9. The second kappa shape index (κ2) is 6.75. The topological polar surface area (TPSA) is 49.9 Å². The van der Waals surface area contributed by atoms with Crippen LogP contribution >= 0.6 is 0 Å². The van der Waals surface area contributed by atoms with Crippen LogP contribution in [0.15, 0.2) is 42.5 Å². The molecule has 1 aliphatic heterocycles. The van der Waals surface area contributed by atoms with Gasteiger partial charge in [0.2, 0.25) is 5.91 Å². The maximum atomic E-state index is 12.4. The zero-order valence-electron chi connectivity index (χ0n) is 14.2. The van der Waals surface area contributed by atoms with Crippen LogP contribution in [0.1, 0.15) is 12.8 Å². The molecule has 5 nitrogen and oxygen atoms in total. The van der Waals surface area contributed by atoms with Crippen LogP contribution in [0.3, 0.4) is 0 Å². The van der Waals surface area contributed by atoms with Gasteiger partial charge in [-0.05, 0) is 35.7 Å². The van der Waals surface area contributed by atoms with E-state index in [4.69, 9.17) is 4.74 Å². The molecule has 1 heterocycles. The lowest BCUT2D eigenvalue weighted by Gasteiger charge is -2.34. The quantitative estimate of drug-likeness (QED) is 0.859. The van der Waals surface area contributed by atoms with E-state index in [9.17, 15) is 9.59 Å². The lowest BCUT2D eigenvalue weighted by molar-refractivity contribution is -0.141. The van der Waals surface area contributed by atoms with Gasteiger partial charge in [-0.15, -0.1) is 0 Å². The van der Waals surface area contributed by atoms with E-state index < -0.39 is 0 Å². The molecular weight excluding hydrogens is 316 g/mol. The van der Waals surface area contributed by atoms with E-state index in [0.717, 1.165) is 23.6 Å². The average molecular weight is 338 g/mol. The third-order valence-corrected chi connectivity index (χ3v) is 4.95. The molecule has 0 radical (unpaired) electrons. The van der Waals surface area contributed by atoms with Crippen LogP contribution < -0.4 is 4.74 Å². The summed E-state index contributed by atoms with van der Waals surface area (Å²) in [4.78, 5) is 28.1. The molecule has 1 saturated heterocycles. The van der Waals surface area contributed by atoms with E-state index in [1.807, 2.05) is 47.4 Å². The van der Waals surface area contributed by atoms with E-state index in [-0.39, 0.29) is 24.3 Å². The third-order valence-electron chi connectivity index (χ3n) is 4.95. The molecule has 5 heteroatoms. The van der Waals surface area contributed by atoms with Crippen LogP contribution in [0.4, 0.5) is 0 Å². The standard InChI is InChI=1S/C20H22N2O3/c23-19(21-9-11-22(12-10-21)20(24)16-5-6-16)14-25-18-8-7-15-3-1-2-4-17(15)13-18/h1-4,7-8,13,16H,5-6,9-12,14H2. The molecule has 0 spiro atoms. The second-order valence-corrected chi connectivity index (χ2v) is 6.78. The van der Waals surface area contributed by atoms with E-state index in [1.54, 1.807) is 4.90 Å². The van der Waals surface area contributed by atoms with E-state index in [1.165, 1.54) is 0 Å². The van der Waals surface area contributed by atoms with Gasteiger partial charge in [-0.2, -0.15) is 0 Å². The van der Waals surface area contributed by atoms with Gasteiger partial charge in [-0.25, -0.2) is 0 Å². The molecule has 1 aliphatic carbocycles. The zero-order valence-corrected chi connectivity index (χ0v) is 14.2. The Labute approximate surface area is 147 Å². The molecule has 0 bridgehead atoms. The monoisotopic (exact) mass is 338 g/mol. The first-order valence-corrected chi connectivity index (χ1v) is 8.89. The van der Waals surface area contributed by atoms with Crippen molar-refractivity contribution in [1.29, 1.82) is 0 Å². The van der Waals surface area contributed by atoms with Crippen LogP contribution in [0, 0.1) is 5.92 Å². The number of fused-ring (bicyclic) bond motifs is 1. The highest BCUT2D eigenvalue weighted by Gasteiger charge is 2.35. The maximum absolute atomic E-state index is 12.4. The number of piperazine rings is 1. The summed E-state index contributed by atoms with van der Waals surface area (Å²) in [6.07, 6.45) is 2.05. The van der Waals surface area contributed by atoms with Crippen LogP contribution in [-0.4, -0.2) is 54.4 Å². The normalized spacial score (nSPS) is 17.6. The SMILES string of the molecule is O=C(COc1ccc2ccccc2c1)N1CCN(C(=O)C2CC2)CC1. The molecule has 2 aromatic rings. The Morgan fingerprint density at radius 2 is 1.60 bits per heavy atom. The Morgan fingerprint density at radius 1 is 0.920 bits per heavy atom. The van der Waals surface area contributed by atoms with E-state index in [2.05, 4.69) is 0 Å². The number of rotatable bonds is 4. The summed E-state index contributed by atoms with van der Waals surface area (Å²) >= 11 is 0. The van der Waals surface area contributed by atoms with Crippen LogP contribution in [-0.2, 0) is 9.59 Å². The average Bonchev–Trinajstić information content (AvgIpc) is 3.51. The minimum absolute atomic E-state index is 0.0216. The first-order valence-electron chi connectivity index (χ1n) is 8.89. The highest BCUT2D eigenvalue weighted by atomic mass is 16.5. The van der Waals surface area contributed by atoms with Gasteiger partial charge >= 0.3 is 0 Å². The van der Waals surface area contributed by atoms with Crippen molar-refractivity contribution in [2.24, 2.45) is 5.92 Å². The Morgan fingerprint density at radius 3 is 2.32 bits per heavy atom. The summed E-state index contributed by atoms with van der Waals surface area (Å²) in [5, 5.41) is 2.25. The van der Waals surface area contributed by atoms with Crippen LogP contribution in [0.2, 0.25) is 0 Å². The zero-order chi connectivity index (χ0) is 17.2. The minimum atomic E-state index is -0.0216. The number of ether oxygens (including phenoxy) is 1. The molecule has 2 amide bonds. The third kappa shape index (κ3) is 3.60. The number of nitrogens with zero attached hydrogens (tertiary/aromatic N) is 2. The summed E-state index contributed by atoms with van der Waals surface area (Å²) in [7, 11) is 0. The molecule has 0 unspecified atom stereocenters. The summed E-state index contributed by atoms with van der Waals surface area (Å²) in [6.45, 7) is 2.50. The Bertz CT molecular complexity index is 792. The molecule has 2 aromatic carbocycles. The molecule has 130 valence electrons. The molecule has 0 atom stereocenters. The first-order chi connectivity index (χ1) is 12.2. The predicted molar refractivity (Wildman–Crippen MR) is 95.3 cm³/mol. The maximum Gasteiger partial charge on any atom is 0.260 e. The fraction of sp³-hybridized carbons (Fsp3) is 0.400. The van der Waals surface area contributed by atoms with Crippen LogP contribution in [0.5, 0.6) is 5.75 Å². The van der Waals surface area contributed by atoms with Crippen molar-refractivity contribution in [2.45, 2.75) is 12.8 Å². The lowest BCUT2D eigenvalue weighted by atomic mass is 10.1. The van der Waals surface area contributed by atoms with E-state index >= 15 is 0 Å². The Balaban J connectivity index is 1.29. The van der Waals surface area contributed by atoms with Gasteiger partial charge in [-0.3, -0.25) is 9.59 Å². The van der Waals surface area contributed by atoms with Crippen molar-refractivity contribution in [2.75, 3.05) is 32.8 Å². The van der Waals surface area contributed by atoms with Gasteiger partial charge in [0.25, 0.3) is 5.91 Å². The minimum Gasteiger partial charge on any atom is -0.484 e. The smallest absolute Gasteiger partial charge is 0.260 e. The summed E-state index contributed by atoms with van der Waals surface area (Å²) in [5.41, 5.74) is 0. The Kier molecular flexibility index (Phi) is 4.30. The first kappa shape index (κ1) is 15.9. The van der Waals surface area contributed by atoms with Crippen molar-refractivity contribution in [1.82, 2.24) is 9.80 Å². The van der Waals surface area contributed by atoms with Crippen molar-refractivity contribution < 1.29 is 14.3 Å². The highest BCUT2D eigenvalue weighted by molar-refractivity contribution is 5.84. The fourth-order valence-electron chi connectivity index (χ4n) is 3.26. The van der Waals surface area contributed by atoms with Crippen molar-refractivity contribution >= 4 is 22.6 Å². The van der Waals surface area contributed by atoms with Crippen molar-refractivity contribution in [3.8, 4) is 5.75 Å². The Hall–Kier alpha value is -2.56. The number of hydrogen-bond acceptors (Lipinski definition) is 3. The van der Waals surface area contributed by atoms with Crippen molar-refractivity contribution in [3.63, 3.8) is 0 Å². The number of carbonyl (C=O) groups is 2.